The van der Waals surface area contributed by atoms with Crippen LogP contribution in [-0.4, -0.2) is 22.1 Å². The summed E-state index contributed by atoms with van der Waals surface area (Å²) in [6, 6.07) is 0.746. The third-order valence-corrected chi connectivity index (χ3v) is 4.15. The van der Waals surface area contributed by atoms with Crippen LogP contribution in [0.15, 0.2) is 18.7 Å². The molecule has 0 bridgehead atoms. The van der Waals surface area contributed by atoms with E-state index in [0.29, 0.717) is 0 Å². The zero-order chi connectivity index (χ0) is 12.6. The van der Waals surface area contributed by atoms with Gasteiger partial charge in [0.25, 0.3) is 0 Å². The molecule has 1 N–H and O–H groups in total. The summed E-state index contributed by atoms with van der Waals surface area (Å²) in [6.07, 6.45) is 15.6. The topological polar surface area (TPSA) is 29.9 Å². The van der Waals surface area contributed by atoms with Crippen LogP contribution in [0.2, 0.25) is 0 Å². The molecule has 18 heavy (non-hydrogen) atoms. The largest absolute Gasteiger partial charge is 0.336 e. The van der Waals surface area contributed by atoms with E-state index in [0.717, 1.165) is 25.0 Å². The van der Waals surface area contributed by atoms with E-state index in [2.05, 4.69) is 21.8 Å². The van der Waals surface area contributed by atoms with Crippen LogP contribution >= 0.6 is 0 Å². The number of rotatable bonds is 6. The van der Waals surface area contributed by atoms with Crippen LogP contribution < -0.4 is 5.32 Å². The number of nitrogens with zero attached hydrogens (tertiary/aromatic N) is 2. The van der Waals surface area contributed by atoms with Crippen LogP contribution in [0.25, 0.3) is 0 Å². The van der Waals surface area contributed by atoms with Gasteiger partial charge in [-0.2, -0.15) is 0 Å². The molecule has 3 heteroatoms. The molecule has 1 fully saturated rings. The Bertz CT molecular complexity index is 308. The van der Waals surface area contributed by atoms with Gasteiger partial charge >= 0.3 is 0 Å². The lowest BCUT2D eigenvalue weighted by molar-refractivity contribution is 0.407. The molecule has 1 aromatic rings. The average Bonchev–Trinajstić information content (AvgIpc) is 2.78. The van der Waals surface area contributed by atoms with Crippen molar-refractivity contribution in [2.75, 3.05) is 6.54 Å². The van der Waals surface area contributed by atoms with E-state index in [4.69, 9.17) is 0 Å². The Morgan fingerprint density at radius 2 is 2.22 bits per heavy atom. The highest BCUT2D eigenvalue weighted by atomic mass is 15.0. The molecule has 0 aliphatic heterocycles. The molecule has 1 aliphatic rings. The minimum Gasteiger partial charge on any atom is -0.336 e. The molecule has 0 saturated heterocycles. The molecule has 2 rings (SSSR count). The van der Waals surface area contributed by atoms with E-state index in [1.807, 2.05) is 18.7 Å². The van der Waals surface area contributed by atoms with E-state index in [1.54, 1.807) is 0 Å². The Balaban J connectivity index is 1.64. The summed E-state index contributed by atoms with van der Waals surface area (Å²) in [5.41, 5.74) is 0. The number of aromatic nitrogens is 2. The van der Waals surface area contributed by atoms with Gasteiger partial charge in [0.05, 0.1) is 6.33 Å². The second kappa shape index (κ2) is 7.57. The molecule has 1 heterocycles. The zero-order valence-electron chi connectivity index (χ0n) is 11.6. The maximum absolute atomic E-state index is 4.07. The second-order valence-corrected chi connectivity index (χ2v) is 5.61. The number of hydrogen-bond acceptors (Lipinski definition) is 2. The van der Waals surface area contributed by atoms with Crippen molar-refractivity contribution >= 4 is 0 Å². The number of nitrogens with one attached hydrogen (secondary N) is 1. The van der Waals surface area contributed by atoms with Crippen LogP contribution in [0.1, 0.15) is 51.9 Å². The van der Waals surface area contributed by atoms with Crippen LogP contribution in [0.4, 0.5) is 0 Å². The minimum atomic E-state index is 0.746. The van der Waals surface area contributed by atoms with Crippen LogP contribution in [0.3, 0.4) is 0 Å². The Morgan fingerprint density at radius 3 is 3.00 bits per heavy atom. The van der Waals surface area contributed by atoms with E-state index in [-0.39, 0.29) is 0 Å². The predicted octanol–water partition coefficient (Wildman–Crippen LogP) is 3.22. The summed E-state index contributed by atoms with van der Waals surface area (Å²) in [5, 5.41) is 3.71. The first kappa shape index (κ1) is 13.6. The molecule has 2 atom stereocenters. The molecule has 3 nitrogen and oxygen atoms in total. The highest BCUT2D eigenvalue weighted by Crippen LogP contribution is 2.26. The molecule has 2 unspecified atom stereocenters. The van der Waals surface area contributed by atoms with Gasteiger partial charge in [0.15, 0.2) is 0 Å². The fraction of sp³-hybridized carbons (Fsp3) is 0.800. The van der Waals surface area contributed by atoms with Crippen molar-refractivity contribution in [2.45, 2.75) is 64.5 Å². The quantitative estimate of drug-likeness (QED) is 0.785. The maximum Gasteiger partial charge on any atom is 0.0946 e. The summed E-state index contributed by atoms with van der Waals surface area (Å²) in [5.74, 6) is 0.996. The summed E-state index contributed by atoms with van der Waals surface area (Å²) in [6.45, 7) is 4.42. The summed E-state index contributed by atoms with van der Waals surface area (Å²) in [7, 11) is 0. The lowest BCUT2D eigenvalue weighted by Gasteiger charge is -2.17. The van der Waals surface area contributed by atoms with Crippen molar-refractivity contribution in [1.29, 1.82) is 0 Å². The van der Waals surface area contributed by atoms with Crippen molar-refractivity contribution in [2.24, 2.45) is 5.92 Å². The van der Waals surface area contributed by atoms with E-state index in [1.165, 1.54) is 44.9 Å². The summed E-state index contributed by atoms with van der Waals surface area (Å²) >= 11 is 0. The molecular formula is C15H27N3. The van der Waals surface area contributed by atoms with Gasteiger partial charge in [-0.3, -0.25) is 0 Å². The maximum atomic E-state index is 4.07. The molecule has 1 aromatic heterocycles. The first-order valence-corrected chi connectivity index (χ1v) is 7.57. The van der Waals surface area contributed by atoms with Gasteiger partial charge in [0, 0.05) is 31.5 Å². The fourth-order valence-corrected chi connectivity index (χ4v) is 3.10. The molecule has 0 amide bonds. The van der Waals surface area contributed by atoms with Gasteiger partial charge in [-0.15, -0.1) is 0 Å². The van der Waals surface area contributed by atoms with Crippen LogP contribution in [-0.2, 0) is 6.54 Å². The lowest BCUT2D eigenvalue weighted by Crippen LogP contribution is -2.31. The lowest BCUT2D eigenvalue weighted by atomic mass is 9.95. The molecule has 0 spiro atoms. The molecule has 1 aliphatic carbocycles. The molecule has 1 saturated carbocycles. The van der Waals surface area contributed by atoms with Crippen LogP contribution in [0.5, 0.6) is 0 Å². The smallest absolute Gasteiger partial charge is 0.0946 e. The van der Waals surface area contributed by atoms with E-state index < -0.39 is 0 Å². The fourth-order valence-electron chi connectivity index (χ4n) is 3.10. The molecule has 102 valence electrons. The standard InChI is InChI=1S/C15H27N3/c1-2-4-14-5-3-6-15(8-7-14)17-10-12-18-11-9-16-13-18/h9,11,13-15,17H,2-8,10,12H2,1H3. The van der Waals surface area contributed by atoms with Crippen molar-refractivity contribution in [3.8, 4) is 0 Å². The van der Waals surface area contributed by atoms with Crippen molar-refractivity contribution in [1.82, 2.24) is 14.9 Å². The monoisotopic (exact) mass is 249 g/mol. The minimum absolute atomic E-state index is 0.746. The van der Waals surface area contributed by atoms with Gasteiger partial charge in [-0.25, -0.2) is 4.98 Å². The van der Waals surface area contributed by atoms with Gasteiger partial charge in [-0.1, -0.05) is 32.6 Å². The van der Waals surface area contributed by atoms with E-state index >= 15 is 0 Å². The number of hydrogen-bond donors (Lipinski definition) is 1. The average molecular weight is 249 g/mol. The van der Waals surface area contributed by atoms with Gasteiger partial charge < -0.3 is 9.88 Å². The van der Waals surface area contributed by atoms with Gasteiger partial charge in [0.1, 0.15) is 0 Å². The molecule has 0 aromatic carbocycles. The first-order valence-electron chi connectivity index (χ1n) is 7.57. The Kier molecular flexibility index (Phi) is 5.72. The third-order valence-electron chi connectivity index (χ3n) is 4.15. The summed E-state index contributed by atoms with van der Waals surface area (Å²) < 4.78 is 2.14. The van der Waals surface area contributed by atoms with Crippen LogP contribution in [0, 0.1) is 5.92 Å². The highest BCUT2D eigenvalue weighted by molar-refractivity contribution is 4.77. The second-order valence-electron chi connectivity index (χ2n) is 5.61. The summed E-state index contributed by atoms with van der Waals surface area (Å²) in [4.78, 5) is 4.07. The Hall–Kier alpha value is -0.830. The third kappa shape index (κ3) is 4.45. The Morgan fingerprint density at radius 1 is 1.28 bits per heavy atom. The number of imidazole rings is 1. The van der Waals surface area contributed by atoms with Crippen molar-refractivity contribution in [3.63, 3.8) is 0 Å². The van der Waals surface area contributed by atoms with E-state index in [9.17, 15) is 0 Å². The van der Waals surface area contributed by atoms with Gasteiger partial charge in [0.2, 0.25) is 0 Å². The van der Waals surface area contributed by atoms with Crippen molar-refractivity contribution < 1.29 is 0 Å². The zero-order valence-corrected chi connectivity index (χ0v) is 11.6. The molecular weight excluding hydrogens is 222 g/mol. The Labute approximate surface area is 111 Å². The van der Waals surface area contributed by atoms with Crippen molar-refractivity contribution in [3.05, 3.63) is 18.7 Å². The van der Waals surface area contributed by atoms with Gasteiger partial charge in [-0.05, 0) is 25.2 Å². The first-order chi connectivity index (χ1) is 8.88. The highest BCUT2D eigenvalue weighted by Gasteiger charge is 2.17. The normalized spacial score (nSPS) is 24.9. The SMILES string of the molecule is CCCC1CCCC(NCCn2ccnc2)CC1. The predicted molar refractivity (Wildman–Crippen MR) is 75.5 cm³/mol. The molecule has 0 radical (unpaired) electrons.